The van der Waals surface area contributed by atoms with Crippen molar-refractivity contribution in [2.24, 2.45) is 11.7 Å². The molecule has 0 aliphatic carbocycles. The number of carbonyl (C=O) groups excluding carboxylic acids is 5. The summed E-state index contributed by atoms with van der Waals surface area (Å²) < 4.78 is 11.1. The third-order valence-corrected chi connectivity index (χ3v) is 19.1. The number of ether oxygens (including phenoxy) is 2. The number of nitrogens with two attached hydrogens (primary N) is 1. The van der Waals surface area contributed by atoms with Crippen LogP contribution in [0.5, 0.6) is 0 Å². The Bertz CT molecular complexity index is 3860. The summed E-state index contributed by atoms with van der Waals surface area (Å²) in [4.78, 5) is 117. The number of anilines is 4. The molecule has 3 atom stereocenters. The number of carboxylic acids is 1. The lowest BCUT2D eigenvalue weighted by Gasteiger charge is -2.27. The van der Waals surface area contributed by atoms with Crippen molar-refractivity contribution in [3.63, 3.8) is 0 Å². The van der Waals surface area contributed by atoms with Gasteiger partial charge in [-0.3, -0.25) is 24.0 Å². The number of carbonyl (C=O) groups is 6. The molecule has 6 aromatic heterocycles. The van der Waals surface area contributed by atoms with Crippen LogP contribution in [-0.2, 0) is 83.2 Å². The Hall–Kier alpha value is -9.16. The lowest BCUT2D eigenvalue weighted by Crippen LogP contribution is -2.41. The van der Waals surface area contributed by atoms with E-state index in [9.17, 15) is 33.9 Å². The molecule has 0 bridgehead atoms. The summed E-state index contributed by atoms with van der Waals surface area (Å²) in [6.07, 6.45) is 27.6. The Morgan fingerprint density at radius 3 is 1.22 bits per heavy atom. The number of nitrogens with one attached hydrogen (secondary N) is 7. The first-order valence-corrected chi connectivity index (χ1v) is 41.1. The normalized spacial score (nSPS) is 13.6. The van der Waals surface area contributed by atoms with Crippen molar-refractivity contribution in [1.29, 1.82) is 0 Å². The monoisotopic (exact) mass is 1600 g/mol. The minimum absolute atomic E-state index is 0.0394. The summed E-state index contributed by atoms with van der Waals surface area (Å²) in [6.45, 7) is 32.7. The SMILES string of the molecule is CC(=O)NCCN(CCCCc1ccc2c(n1)NCCC2)CC[C@H](Cc1ncc(C)cn1)C(=O)O.CC(=O)NCCN(CCCCc1ccc2c(n1)NCCC2)CC[C@H](N)C(=O)OC(C)(C)C.CC(=O)NCCN(CCCCc1ccc2c(n1)NCCC2)CC[C@H](Nc1ncc(C)cn1)C(=O)OC(C)(C)C.Cc1cnc(Cl)nc1. The smallest absolute Gasteiger partial charge is 0.329 e. The van der Waals surface area contributed by atoms with Gasteiger partial charge in [0, 0.05) is 153 Å². The predicted molar refractivity (Wildman–Crippen MR) is 448 cm³/mol. The number of aryl methyl sites for hydroxylation is 9. The first-order valence-electron chi connectivity index (χ1n) is 40.7. The van der Waals surface area contributed by atoms with E-state index in [-0.39, 0.29) is 29.7 Å². The van der Waals surface area contributed by atoms with Gasteiger partial charge in [-0.1, -0.05) is 18.2 Å². The molecule has 9 rings (SSSR count). The second kappa shape index (κ2) is 50.2. The fraction of sp³-hybridized carbons (Fsp3) is 0.607. The molecule has 6 aromatic rings. The molecule has 30 heteroatoms. The predicted octanol–water partition coefficient (Wildman–Crippen LogP) is 9.84. The summed E-state index contributed by atoms with van der Waals surface area (Å²) in [5.41, 5.74) is 15.1. The van der Waals surface area contributed by atoms with Gasteiger partial charge in [-0.05, 0) is 267 Å². The minimum atomic E-state index is -0.830. The molecule has 9 heterocycles. The average Bonchev–Trinajstić information content (AvgIpc) is 0.867. The van der Waals surface area contributed by atoms with E-state index in [1.54, 1.807) is 37.2 Å². The standard InChI is InChI=1S/C29H45N7O3.C26H38N6O3.C24H41N5O3.C5H5ClN2/c1-21-19-32-28(33-20-21)35-25(27(38)39-29(3,4)5)13-17-36(18-15-30-22(2)37)16-7-6-10-24-12-11-23-9-8-14-31-26(23)34-24;1-19-17-29-24(30-18-19)16-22(26(34)35)10-14-32(15-12-27-20(2)33)13-4-3-7-23-9-8-21-6-5-11-28-25(21)31-23;1-18(30)26-14-17-29(16-12-21(25)23(31)32-24(2,3)4)15-6-5-9-20-11-10-19-8-7-13-27-22(19)28-20;1-4-2-7-5(6)8-3-4/h11-12,19-20,25H,6-10,13-18H2,1-5H3,(H,30,37)(H,31,34)(H,32,33,35);8-9,17-18,22H,3-7,10-16H2,1-2H3,(H,27,33)(H,28,31)(H,34,35);10-11,21H,5-9,12-17,25H2,1-4H3,(H,26,30)(H,27,28);2-3H,1H3/t25-;22-;21-;/m010./s1. The maximum absolute atomic E-state index is 13.0. The summed E-state index contributed by atoms with van der Waals surface area (Å²) in [6, 6.07) is 11.8. The number of aliphatic carboxylic acids is 1. The van der Waals surface area contributed by atoms with Crippen molar-refractivity contribution in [2.45, 2.75) is 228 Å². The zero-order valence-electron chi connectivity index (χ0n) is 69.7. The number of nitrogens with zero attached hydrogens (tertiary/aromatic N) is 12. The van der Waals surface area contributed by atoms with Crippen LogP contribution in [0.4, 0.5) is 23.4 Å². The zero-order chi connectivity index (χ0) is 82.8. The Balaban J connectivity index is 0.000000254. The maximum Gasteiger partial charge on any atom is 0.329 e. The number of rotatable bonds is 40. The topological polar surface area (TPSA) is 377 Å². The average molecular weight is 1600 g/mol. The number of fused-ring (bicyclic) bond motifs is 3. The number of halogens is 1. The molecule has 0 spiro atoms. The van der Waals surface area contributed by atoms with E-state index in [1.165, 1.54) is 43.9 Å². The van der Waals surface area contributed by atoms with E-state index in [1.807, 2.05) is 62.3 Å². The molecular weight excluding hydrogens is 1470 g/mol. The summed E-state index contributed by atoms with van der Waals surface area (Å²) >= 11 is 5.39. The van der Waals surface area contributed by atoms with E-state index in [0.717, 1.165) is 187 Å². The van der Waals surface area contributed by atoms with Crippen molar-refractivity contribution < 1.29 is 43.3 Å². The molecule has 3 amide bonds. The molecule has 10 N–H and O–H groups in total. The summed E-state index contributed by atoms with van der Waals surface area (Å²) in [7, 11) is 0. The quantitative estimate of drug-likeness (QED) is 0.00981. The molecule has 0 radical (unpaired) electrons. The molecule has 114 heavy (non-hydrogen) atoms. The lowest BCUT2D eigenvalue weighted by atomic mass is 10.0. The number of hydrogen-bond acceptors (Lipinski definition) is 25. The minimum Gasteiger partial charge on any atom is -0.481 e. The van der Waals surface area contributed by atoms with Crippen molar-refractivity contribution in [3.8, 4) is 0 Å². The van der Waals surface area contributed by atoms with Gasteiger partial charge in [-0.15, -0.1) is 0 Å². The molecule has 0 saturated carbocycles. The number of carboxylic acid groups (broad SMARTS) is 1. The van der Waals surface area contributed by atoms with Gasteiger partial charge in [0.2, 0.25) is 29.0 Å². The molecule has 0 saturated heterocycles. The van der Waals surface area contributed by atoms with Crippen molar-refractivity contribution in [3.05, 3.63) is 135 Å². The molecule has 29 nitrogen and oxygen atoms in total. The first kappa shape index (κ1) is 93.7. The third kappa shape index (κ3) is 39.3. The van der Waals surface area contributed by atoms with Crippen LogP contribution in [0.3, 0.4) is 0 Å². The number of hydrogen-bond donors (Lipinski definition) is 9. The number of aromatic nitrogens is 9. The highest BCUT2D eigenvalue weighted by atomic mass is 35.5. The van der Waals surface area contributed by atoms with Crippen LogP contribution < -0.4 is 43.0 Å². The number of esters is 2. The van der Waals surface area contributed by atoms with E-state index < -0.39 is 35.2 Å². The molecule has 3 aliphatic rings. The molecule has 626 valence electrons. The van der Waals surface area contributed by atoms with Crippen LogP contribution in [0.15, 0.2) is 73.6 Å². The molecule has 0 unspecified atom stereocenters. The molecule has 0 aromatic carbocycles. The van der Waals surface area contributed by atoms with Crippen molar-refractivity contribution >= 4 is 70.6 Å². The lowest BCUT2D eigenvalue weighted by molar-refractivity contribution is -0.157. The number of unbranched alkanes of at least 4 members (excludes halogenated alkanes) is 3. The van der Waals surface area contributed by atoms with Crippen molar-refractivity contribution in [2.75, 3.05) is 119 Å². The van der Waals surface area contributed by atoms with E-state index in [4.69, 9.17) is 41.8 Å². The molecule has 3 aliphatic heterocycles. The summed E-state index contributed by atoms with van der Waals surface area (Å²) in [5.74, 6) is 1.83. The van der Waals surface area contributed by atoms with E-state index >= 15 is 0 Å². The van der Waals surface area contributed by atoms with Gasteiger partial charge in [-0.25, -0.2) is 49.7 Å². The third-order valence-electron chi connectivity index (χ3n) is 18.9. The van der Waals surface area contributed by atoms with E-state index in [2.05, 4.69) is 118 Å². The number of amides is 3. The van der Waals surface area contributed by atoms with Gasteiger partial charge >= 0.3 is 17.9 Å². The van der Waals surface area contributed by atoms with Gasteiger partial charge in [0.05, 0.1) is 5.92 Å². The van der Waals surface area contributed by atoms with Gasteiger partial charge in [0.1, 0.15) is 46.6 Å². The van der Waals surface area contributed by atoms with E-state index in [0.29, 0.717) is 95.1 Å². The largest absolute Gasteiger partial charge is 0.481 e. The van der Waals surface area contributed by atoms with Crippen LogP contribution in [0.25, 0.3) is 0 Å². The van der Waals surface area contributed by atoms with Crippen LogP contribution in [0.1, 0.15) is 196 Å². The Morgan fingerprint density at radius 2 is 0.851 bits per heavy atom. The second-order valence-electron chi connectivity index (χ2n) is 31.6. The fourth-order valence-electron chi connectivity index (χ4n) is 12.8. The second-order valence-corrected chi connectivity index (χ2v) is 32.0. The van der Waals surface area contributed by atoms with Gasteiger partial charge in [0.15, 0.2) is 0 Å². The Kier molecular flexibility index (Phi) is 41.3. The fourth-order valence-corrected chi connectivity index (χ4v) is 12.9. The van der Waals surface area contributed by atoms with Gasteiger partial charge < -0.3 is 72.2 Å². The number of pyridine rings is 3. The Labute approximate surface area is 680 Å². The van der Waals surface area contributed by atoms with Crippen LogP contribution in [0, 0.1) is 26.7 Å². The molecule has 0 fully saturated rings. The first-order chi connectivity index (χ1) is 54.4. The highest BCUT2D eigenvalue weighted by molar-refractivity contribution is 6.28. The van der Waals surface area contributed by atoms with Gasteiger partial charge in [0.25, 0.3) is 0 Å². The zero-order valence-corrected chi connectivity index (χ0v) is 70.5. The van der Waals surface area contributed by atoms with Crippen LogP contribution in [0.2, 0.25) is 5.28 Å². The summed E-state index contributed by atoms with van der Waals surface area (Å²) in [5, 5.41) is 32.0. The molecular formula is C84H129ClN20O9. The maximum atomic E-state index is 13.0. The Morgan fingerprint density at radius 1 is 0.491 bits per heavy atom. The van der Waals surface area contributed by atoms with Crippen molar-refractivity contribution in [1.82, 2.24) is 75.5 Å². The highest BCUT2D eigenvalue weighted by Crippen LogP contribution is 2.25. The van der Waals surface area contributed by atoms with Gasteiger partial charge in [-0.2, -0.15) is 0 Å². The van der Waals surface area contributed by atoms with Crippen LogP contribution in [-0.4, -0.2) is 222 Å². The van der Waals surface area contributed by atoms with Crippen LogP contribution >= 0.6 is 11.6 Å². The highest BCUT2D eigenvalue weighted by Gasteiger charge is 2.28.